The van der Waals surface area contributed by atoms with Crippen LogP contribution in [0.4, 0.5) is 0 Å². The molecule has 5 heteroatoms. The second kappa shape index (κ2) is 8.00. The van der Waals surface area contributed by atoms with Crippen LogP contribution >= 0.6 is 28.1 Å². The predicted octanol–water partition coefficient (Wildman–Crippen LogP) is 3.93. The highest BCUT2D eigenvalue weighted by Gasteiger charge is 1.99. The Labute approximate surface area is 138 Å². The van der Waals surface area contributed by atoms with Crippen LogP contribution < -0.4 is 15.2 Å². The summed E-state index contributed by atoms with van der Waals surface area (Å²) in [6.07, 6.45) is 0.799. The molecule has 0 saturated carbocycles. The summed E-state index contributed by atoms with van der Waals surface area (Å²) < 4.78 is 12.3. The Hall–Kier alpha value is -1.59. The molecular formula is C16H16BrNO2S. The Morgan fingerprint density at radius 1 is 1.00 bits per heavy atom. The second-order valence-corrected chi connectivity index (χ2v) is 5.75. The van der Waals surface area contributed by atoms with Crippen molar-refractivity contribution >= 4 is 33.1 Å². The van der Waals surface area contributed by atoms with Gasteiger partial charge in [0.25, 0.3) is 0 Å². The Morgan fingerprint density at radius 3 is 2.33 bits per heavy atom. The number of nitrogens with two attached hydrogens (primary N) is 1. The molecule has 110 valence electrons. The van der Waals surface area contributed by atoms with Crippen LogP contribution in [0.2, 0.25) is 0 Å². The Kier molecular flexibility index (Phi) is 6.02. The third kappa shape index (κ3) is 5.36. The van der Waals surface area contributed by atoms with Gasteiger partial charge in [-0.2, -0.15) is 0 Å². The molecular weight excluding hydrogens is 350 g/mol. The van der Waals surface area contributed by atoms with E-state index in [4.69, 9.17) is 27.4 Å². The van der Waals surface area contributed by atoms with E-state index in [9.17, 15) is 0 Å². The summed E-state index contributed by atoms with van der Waals surface area (Å²) in [7, 11) is 0. The number of halogens is 1. The van der Waals surface area contributed by atoms with Crippen LogP contribution in [0, 0.1) is 0 Å². The first kappa shape index (κ1) is 15.8. The van der Waals surface area contributed by atoms with Gasteiger partial charge in [-0.3, -0.25) is 0 Å². The van der Waals surface area contributed by atoms with Gasteiger partial charge in [0.15, 0.2) is 0 Å². The SMILES string of the molecule is NC(=S)c1cccc(OCCCOc2ccc(Br)cc2)c1. The number of benzene rings is 2. The first-order valence-electron chi connectivity index (χ1n) is 6.56. The summed E-state index contributed by atoms with van der Waals surface area (Å²) in [5, 5.41) is 0. The minimum atomic E-state index is 0.374. The molecule has 0 spiro atoms. The molecule has 0 atom stereocenters. The number of rotatable bonds is 7. The lowest BCUT2D eigenvalue weighted by atomic mass is 10.2. The molecule has 0 saturated heterocycles. The normalized spacial score (nSPS) is 10.1. The van der Waals surface area contributed by atoms with Gasteiger partial charge in [0.1, 0.15) is 16.5 Å². The number of ether oxygens (including phenoxy) is 2. The van der Waals surface area contributed by atoms with Crippen LogP contribution in [0.15, 0.2) is 53.0 Å². The van der Waals surface area contributed by atoms with Gasteiger partial charge in [-0.25, -0.2) is 0 Å². The molecule has 2 N–H and O–H groups in total. The monoisotopic (exact) mass is 365 g/mol. The van der Waals surface area contributed by atoms with E-state index >= 15 is 0 Å². The summed E-state index contributed by atoms with van der Waals surface area (Å²) in [5.41, 5.74) is 6.40. The topological polar surface area (TPSA) is 44.5 Å². The van der Waals surface area contributed by atoms with E-state index in [1.807, 2.05) is 48.5 Å². The van der Waals surface area contributed by atoms with Crippen molar-refractivity contribution < 1.29 is 9.47 Å². The van der Waals surface area contributed by atoms with Gasteiger partial charge in [-0.15, -0.1) is 0 Å². The van der Waals surface area contributed by atoms with Crippen LogP contribution in [0.5, 0.6) is 11.5 Å². The minimum Gasteiger partial charge on any atom is -0.493 e. The maximum atomic E-state index is 5.65. The smallest absolute Gasteiger partial charge is 0.119 e. The van der Waals surface area contributed by atoms with Gasteiger partial charge in [-0.05, 0) is 36.4 Å². The van der Waals surface area contributed by atoms with Crippen molar-refractivity contribution in [1.29, 1.82) is 0 Å². The molecule has 0 aliphatic heterocycles. The lowest BCUT2D eigenvalue weighted by molar-refractivity contribution is 0.247. The van der Waals surface area contributed by atoms with Crippen LogP contribution in [0.25, 0.3) is 0 Å². The number of hydrogen-bond acceptors (Lipinski definition) is 3. The Bertz CT molecular complexity index is 601. The molecule has 2 rings (SSSR count). The zero-order chi connectivity index (χ0) is 15.1. The Morgan fingerprint density at radius 2 is 1.67 bits per heavy atom. The van der Waals surface area contributed by atoms with E-state index in [1.165, 1.54) is 0 Å². The van der Waals surface area contributed by atoms with Crippen LogP contribution in [-0.2, 0) is 0 Å². The molecule has 0 aliphatic carbocycles. The molecule has 2 aromatic carbocycles. The quantitative estimate of drug-likeness (QED) is 0.596. The first-order chi connectivity index (χ1) is 10.1. The Balaban J connectivity index is 1.71. The largest absolute Gasteiger partial charge is 0.493 e. The maximum absolute atomic E-state index is 5.65. The number of thiocarbonyl (C=S) groups is 1. The predicted molar refractivity (Wildman–Crippen MR) is 92.1 cm³/mol. The molecule has 0 heterocycles. The van der Waals surface area contributed by atoms with Gasteiger partial charge in [0, 0.05) is 16.5 Å². The van der Waals surface area contributed by atoms with Gasteiger partial charge >= 0.3 is 0 Å². The maximum Gasteiger partial charge on any atom is 0.119 e. The molecule has 0 aromatic heterocycles. The average molecular weight is 366 g/mol. The van der Waals surface area contributed by atoms with E-state index in [0.717, 1.165) is 28.0 Å². The highest BCUT2D eigenvalue weighted by atomic mass is 79.9. The van der Waals surface area contributed by atoms with Crippen molar-refractivity contribution in [3.05, 3.63) is 58.6 Å². The molecule has 2 aromatic rings. The molecule has 0 amide bonds. The summed E-state index contributed by atoms with van der Waals surface area (Å²) in [6, 6.07) is 15.2. The van der Waals surface area contributed by atoms with Gasteiger partial charge < -0.3 is 15.2 Å². The average Bonchev–Trinajstić information content (AvgIpc) is 2.49. The third-order valence-corrected chi connectivity index (χ3v) is 3.52. The highest BCUT2D eigenvalue weighted by molar-refractivity contribution is 9.10. The summed E-state index contributed by atoms with van der Waals surface area (Å²) >= 11 is 8.32. The standard InChI is InChI=1S/C16H16BrNO2S/c17-13-5-7-14(8-6-13)19-9-2-10-20-15-4-1-3-12(11-15)16(18)21/h1,3-8,11H,2,9-10H2,(H2,18,21). The van der Waals surface area contributed by atoms with E-state index < -0.39 is 0 Å². The third-order valence-electron chi connectivity index (χ3n) is 2.76. The zero-order valence-electron chi connectivity index (χ0n) is 11.4. The second-order valence-electron chi connectivity index (χ2n) is 4.40. The summed E-state index contributed by atoms with van der Waals surface area (Å²) in [5.74, 6) is 1.62. The van der Waals surface area contributed by atoms with Crippen LogP contribution in [-0.4, -0.2) is 18.2 Å². The van der Waals surface area contributed by atoms with E-state index in [1.54, 1.807) is 0 Å². The molecule has 21 heavy (non-hydrogen) atoms. The molecule has 0 fully saturated rings. The first-order valence-corrected chi connectivity index (χ1v) is 7.76. The zero-order valence-corrected chi connectivity index (χ0v) is 13.8. The lowest BCUT2D eigenvalue weighted by Gasteiger charge is -2.09. The van der Waals surface area contributed by atoms with Crippen LogP contribution in [0.1, 0.15) is 12.0 Å². The van der Waals surface area contributed by atoms with Crippen LogP contribution in [0.3, 0.4) is 0 Å². The van der Waals surface area contributed by atoms with E-state index in [2.05, 4.69) is 15.9 Å². The van der Waals surface area contributed by atoms with Gasteiger partial charge in [0.05, 0.1) is 13.2 Å². The molecule has 3 nitrogen and oxygen atoms in total. The van der Waals surface area contributed by atoms with Crippen molar-refractivity contribution in [1.82, 2.24) is 0 Å². The van der Waals surface area contributed by atoms with Crippen molar-refractivity contribution in [2.24, 2.45) is 5.73 Å². The van der Waals surface area contributed by atoms with Crippen molar-refractivity contribution in [3.8, 4) is 11.5 Å². The molecule has 0 aliphatic rings. The lowest BCUT2D eigenvalue weighted by Crippen LogP contribution is -2.10. The fourth-order valence-corrected chi connectivity index (χ4v) is 2.10. The van der Waals surface area contributed by atoms with Gasteiger partial charge in [0.2, 0.25) is 0 Å². The fraction of sp³-hybridized carbons (Fsp3) is 0.188. The van der Waals surface area contributed by atoms with E-state index in [-0.39, 0.29) is 0 Å². The summed E-state index contributed by atoms with van der Waals surface area (Å²) in [4.78, 5) is 0.374. The summed E-state index contributed by atoms with van der Waals surface area (Å²) in [6.45, 7) is 1.19. The minimum absolute atomic E-state index is 0.374. The van der Waals surface area contributed by atoms with Crippen molar-refractivity contribution in [2.75, 3.05) is 13.2 Å². The highest BCUT2D eigenvalue weighted by Crippen LogP contribution is 2.16. The van der Waals surface area contributed by atoms with Gasteiger partial charge in [-0.1, -0.05) is 40.3 Å². The number of hydrogen-bond donors (Lipinski definition) is 1. The molecule has 0 radical (unpaired) electrons. The molecule has 0 bridgehead atoms. The van der Waals surface area contributed by atoms with Crippen molar-refractivity contribution in [2.45, 2.75) is 6.42 Å². The van der Waals surface area contributed by atoms with E-state index in [0.29, 0.717) is 18.2 Å². The van der Waals surface area contributed by atoms with Crippen molar-refractivity contribution in [3.63, 3.8) is 0 Å². The molecule has 0 unspecified atom stereocenters. The fourth-order valence-electron chi connectivity index (χ4n) is 1.71.